The first-order valence-corrected chi connectivity index (χ1v) is 8.17. The van der Waals surface area contributed by atoms with Gasteiger partial charge in [0.25, 0.3) is 5.69 Å². The van der Waals surface area contributed by atoms with Crippen molar-refractivity contribution in [3.8, 4) is 0 Å². The van der Waals surface area contributed by atoms with Gasteiger partial charge in [0.05, 0.1) is 10.2 Å². The van der Waals surface area contributed by atoms with Gasteiger partial charge >= 0.3 is 0 Å². The Kier molecular flexibility index (Phi) is 9.19. The zero-order valence-electron chi connectivity index (χ0n) is 13.6. The Morgan fingerprint density at radius 3 is 2.30 bits per heavy atom. The summed E-state index contributed by atoms with van der Waals surface area (Å²) < 4.78 is 0. The van der Waals surface area contributed by atoms with Gasteiger partial charge in [0.15, 0.2) is 0 Å². The average molecular weight is 362 g/mol. The number of halogens is 1. The average Bonchev–Trinajstić information content (AvgIpc) is 2.52. The van der Waals surface area contributed by atoms with E-state index in [1.807, 2.05) is 13.8 Å². The van der Waals surface area contributed by atoms with Crippen molar-refractivity contribution in [3.05, 3.63) is 34.4 Å². The third-order valence-corrected chi connectivity index (χ3v) is 4.86. The highest BCUT2D eigenvalue weighted by atomic mass is 35.5. The quantitative estimate of drug-likeness (QED) is 0.421. The van der Waals surface area contributed by atoms with Crippen LogP contribution in [-0.4, -0.2) is 28.2 Å². The summed E-state index contributed by atoms with van der Waals surface area (Å²) in [5.41, 5.74) is 5.83. The van der Waals surface area contributed by atoms with E-state index in [0.717, 1.165) is 17.7 Å². The molecule has 0 aliphatic heterocycles. The Bertz CT molecular complexity index is 521. The number of benzene rings is 1. The zero-order valence-corrected chi connectivity index (χ0v) is 15.2. The summed E-state index contributed by atoms with van der Waals surface area (Å²) in [6.07, 6.45) is 1.60. The molecule has 1 rings (SSSR count). The molecule has 0 aliphatic carbocycles. The van der Waals surface area contributed by atoms with Crippen LogP contribution >= 0.6 is 24.2 Å². The van der Waals surface area contributed by atoms with Gasteiger partial charge in [-0.15, -0.1) is 24.2 Å². The Morgan fingerprint density at radius 1 is 1.35 bits per heavy atom. The Balaban J connectivity index is 0.00000484. The minimum absolute atomic E-state index is 0. The van der Waals surface area contributed by atoms with Crippen LogP contribution in [0.3, 0.4) is 0 Å². The molecule has 1 aromatic rings. The van der Waals surface area contributed by atoms with Crippen molar-refractivity contribution in [2.24, 2.45) is 5.73 Å². The van der Waals surface area contributed by atoms with Crippen molar-refractivity contribution < 1.29 is 9.72 Å². The monoisotopic (exact) mass is 361 g/mol. The Morgan fingerprint density at radius 2 is 1.87 bits per heavy atom. The molecule has 130 valence electrons. The predicted octanol–water partition coefficient (Wildman–Crippen LogP) is 3.13. The van der Waals surface area contributed by atoms with Crippen molar-refractivity contribution in [3.63, 3.8) is 0 Å². The number of carbonyl (C=O) groups excluding carboxylic acids is 1. The number of nitrogens with two attached hydrogens (primary N) is 1. The van der Waals surface area contributed by atoms with E-state index in [-0.39, 0.29) is 34.8 Å². The number of nitro benzene ring substituents is 1. The number of nitrogens with zero attached hydrogens (tertiary/aromatic N) is 1. The molecule has 0 aliphatic rings. The van der Waals surface area contributed by atoms with Crippen LogP contribution in [-0.2, 0) is 4.79 Å². The van der Waals surface area contributed by atoms with Gasteiger partial charge in [-0.3, -0.25) is 14.9 Å². The lowest BCUT2D eigenvalue weighted by Gasteiger charge is -2.27. The van der Waals surface area contributed by atoms with Gasteiger partial charge in [0.1, 0.15) is 0 Å². The molecule has 1 amide bonds. The molecule has 23 heavy (non-hydrogen) atoms. The lowest BCUT2D eigenvalue weighted by atomic mass is 9.94. The summed E-state index contributed by atoms with van der Waals surface area (Å²) in [7, 11) is 0. The molecule has 1 unspecified atom stereocenters. The first-order valence-electron chi connectivity index (χ1n) is 7.29. The minimum atomic E-state index is -0.444. The van der Waals surface area contributed by atoms with Gasteiger partial charge in [-0.25, -0.2) is 0 Å². The molecule has 8 heteroatoms. The van der Waals surface area contributed by atoms with Crippen LogP contribution in [0.4, 0.5) is 5.69 Å². The molecule has 0 heterocycles. The van der Waals surface area contributed by atoms with Gasteiger partial charge in [-0.05, 0) is 31.9 Å². The highest BCUT2D eigenvalue weighted by molar-refractivity contribution is 8.00. The highest BCUT2D eigenvalue weighted by Crippen LogP contribution is 2.25. The summed E-state index contributed by atoms with van der Waals surface area (Å²) in [4.78, 5) is 23.1. The third kappa shape index (κ3) is 6.76. The predicted molar refractivity (Wildman–Crippen MR) is 96.2 cm³/mol. The number of hydrogen-bond acceptors (Lipinski definition) is 5. The van der Waals surface area contributed by atoms with Crippen LogP contribution in [0.2, 0.25) is 0 Å². The normalized spacial score (nSPS) is 12.2. The maximum absolute atomic E-state index is 12.1. The molecule has 1 aromatic carbocycles. The second-order valence-electron chi connectivity index (χ2n) is 5.30. The second kappa shape index (κ2) is 9.75. The van der Waals surface area contributed by atoms with Crippen LogP contribution in [0.5, 0.6) is 0 Å². The fraction of sp³-hybridized carbons (Fsp3) is 0.533. The molecule has 6 nitrogen and oxygen atoms in total. The van der Waals surface area contributed by atoms with E-state index in [4.69, 9.17) is 5.73 Å². The SMILES string of the molecule is CCC(N)(CC)CNC(=O)C(C)Sc1ccc([N+](=O)[O-])cc1.Cl. The Labute approximate surface area is 147 Å². The number of non-ortho nitro benzene ring substituents is 1. The van der Waals surface area contributed by atoms with Crippen molar-refractivity contribution in [1.29, 1.82) is 0 Å². The molecule has 3 N–H and O–H groups in total. The van der Waals surface area contributed by atoms with Crippen molar-refractivity contribution in [1.82, 2.24) is 5.32 Å². The number of rotatable bonds is 8. The van der Waals surface area contributed by atoms with E-state index >= 15 is 0 Å². The highest BCUT2D eigenvalue weighted by Gasteiger charge is 2.23. The van der Waals surface area contributed by atoms with E-state index < -0.39 is 4.92 Å². The fourth-order valence-electron chi connectivity index (χ4n) is 1.81. The van der Waals surface area contributed by atoms with Crippen LogP contribution in [0.1, 0.15) is 33.6 Å². The number of nitro groups is 1. The van der Waals surface area contributed by atoms with Crippen molar-refractivity contribution in [2.75, 3.05) is 6.54 Å². The molecule has 0 radical (unpaired) electrons. The molecule has 0 spiro atoms. The lowest BCUT2D eigenvalue weighted by molar-refractivity contribution is -0.384. The molecular formula is C15H24ClN3O3S. The van der Waals surface area contributed by atoms with Crippen molar-refractivity contribution >= 4 is 35.8 Å². The van der Waals surface area contributed by atoms with Gasteiger partial charge in [-0.1, -0.05) is 13.8 Å². The summed E-state index contributed by atoms with van der Waals surface area (Å²) in [5, 5.41) is 13.2. The van der Waals surface area contributed by atoms with E-state index in [9.17, 15) is 14.9 Å². The first kappa shape index (κ1) is 21.7. The summed E-state index contributed by atoms with van der Waals surface area (Å²) in [6, 6.07) is 6.17. The van der Waals surface area contributed by atoms with Gasteiger partial charge in [-0.2, -0.15) is 0 Å². The van der Waals surface area contributed by atoms with Crippen LogP contribution in [0, 0.1) is 10.1 Å². The Hall–Kier alpha value is -1.31. The molecule has 0 saturated heterocycles. The second-order valence-corrected chi connectivity index (χ2v) is 6.71. The zero-order chi connectivity index (χ0) is 16.8. The molecule has 0 aromatic heterocycles. The van der Waals surface area contributed by atoms with Crippen LogP contribution in [0.25, 0.3) is 0 Å². The lowest BCUT2D eigenvalue weighted by Crippen LogP contribution is -2.50. The maximum atomic E-state index is 12.1. The topological polar surface area (TPSA) is 98.3 Å². The number of thioether (sulfide) groups is 1. The van der Waals surface area contributed by atoms with Crippen molar-refractivity contribution in [2.45, 2.75) is 49.3 Å². The minimum Gasteiger partial charge on any atom is -0.353 e. The summed E-state index contributed by atoms with van der Waals surface area (Å²) in [6.45, 7) is 6.26. The molecule has 0 bridgehead atoms. The molecule has 1 atom stereocenters. The number of nitrogens with one attached hydrogen (secondary N) is 1. The maximum Gasteiger partial charge on any atom is 0.269 e. The van der Waals surface area contributed by atoms with E-state index in [1.54, 1.807) is 19.1 Å². The number of amides is 1. The fourth-order valence-corrected chi connectivity index (χ4v) is 2.70. The van der Waals surface area contributed by atoms with Crippen LogP contribution < -0.4 is 11.1 Å². The first-order chi connectivity index (χ1) is 10.3. The smallest absolute Gasteiger partial charge is 0.269 e. The largest absolute Gasteiger partial charge is 0.353 e. The summed E-state index contributed by atoms with van der Waals surface area (Å²) in [5.74, 6) is -0.0833. The molecular weight excluding hydrogens is 338 g/mol. The number of hydrogen-bond donors (Lipinski definition) is 2. The van der Waals surface area contributed by atoms with E-state index in [2.05, 4.69) is 5.32 Å². The van der Waals surface area contributed by atoms with E-state index in [0.29, 0.717) is 6.54 Å². The third-order valence-electron chi connectivity index (χ3n) is 3.75. The summed E-state index contributed by atoms with van der Waals surface area (Å²) >= 11 is 1.36. The van der Waals surface area contributed by atoms with Gasteiger partial charge in [0.2, 0.25) is 5.91 Å². The molecule has 0 fully saturated rings. The standard InChI is InChI=1S/C15H23N3O3S.ClH/c1-4-15(16,5-2)10-17-14(19)11(3)22-13-8-6-12(7-9-13)18(20)21;/h6-9,11H,4-5,10,16H2,1-3H3,(H,17,19);1H. The number of carbonyl (C=O) groups is 1. The van der Waals surface area contributed by atoms with Crippen LogP contribution in [0.15, 0.2) is 29.2 Å². The van der Waals surface area contributed by atoms with E-state index in [1.165, 1.54) is 23.9 Å². The molecule has 0 saturated carbocycles. The van der Waals surface area contributed by atoms with Gasteiger partial charge < -0.3 is 11.1 Å². The van der Waals surface area contributed by atoms with Gasteiger partial charge in [0, 0.05) is 29.1 Å².